The maximum atomic E-state index is 12.9. The molecule has 3 aliphatic rings. The Morgan fingerprint density at radius 1 is 0.971 bits per heavy atom. The highest BCUT2D eigenvalue weighted by Crippen LogP contribution is 2.41. The van der Waals surface area contributed by atoms with Gasteiger partial charge in [-0.15, -0.1) is 0 Å². The van der Waals surface area contributed by atoms with Crippen LogP contribution in [0.5, 0.6) is 0 Å². The first-order valence-electron chi connectivity index (χ1n) is 11.5. The van der Waals surface area contributed by atoms with Gasteiger partial charge in [0.1, 0.15) is 11.3 Å². The molecule has 35 heavy (non-hydrogen) atoms. The van der Waals surface area contributed by atoms with Gasteiger partial charge < -0.3 is 36.5 Å². The zero-order chi connectivity index (χ0) is 24.7. The van der Waals surface area contributed by atoms with Crippen LogP contribution in [0.1, 0.15) is 46.4 Å². The van der Waals surface area contributed by atoms with Crippen molar-refractivity contribution in [3.05, 3.63) is 71.1 Å². The monoisotopic (exact) mass is 469 g/mol. The molecule has 1 aliphatic heterocycles. The van der Waals surface area contributed by atoms with Crippen LogP contribution in [-0.4, -0.2) is 24.0 Å². The SMILES string of the molecule is N=c1ccc2c(-c3ccc(C(=O)NC4CCC(N)CC4)cc3C(=O)[O-])c3ccc(N)cc3oc-2c1. The summed E-state index contributed by atoms with van der Waals surface area (Å²) in [6, 6.07) is 14.8. The summed E-state index contributed by atoms with van der Waals surface area (Å²) in [6.45, 7) is 0. The first-order chi connectivity index (χ1) is 16.8. The van der Waals surface area contributed by atoms with Gasteiger partial charge >= 0.3 is 0 Å². The van der Waals surface area contributed by atoms with Crippen molar-refractivity contribution < 1.29 is 19.1 Å². The highest BCUT2D eigenvalue weighted by Gasteiger charge is 2.23. The number of fused-ring (bicyclic) bond motifs is 2. The first-order valence-corrected chi connectivity index (χ1v) is 11.5. The molecule has 2 aliphatic carbocycles. The number of hydrogen-bond donors (Lipinski definition) is 4. The molecule has 0 radical (unpaired) electrons. The standard InChI is InChI=1S/C27H26N4O4/c28-15-2-6-18(7-3-15)31-26(32)14-1-8-19(22(11-14)27(33)34)25-20-9-4-16(29)12-23(20)35-24-13-17(30)5-10-21(24)25/h1,4-5,8-13,15,18,29H,2-3,6-7,28,30H2,(H,31,32)(H,33,34)/p-1. The molecular weight excluding hydrogens is 444 g/mol. The highest BCUT2D eigenvalue weighted by molar-refractivity contribution is 6.08. The minimum Gasteiger partial charge on any atom is -0.545 e. The number of benzene rings is 3. The van der Waals surface area contributed by atoms with Crippen LogP contribution in [0.25, 0.3) is 33.4 Å². The van der Waals surface area contributed by atoms with Gasteiger partial charge in [-0.2, -0.15) is 0 Å². The third kappa shape index (κ3) is 4.36. The number of hydrogen-bond acceptors (Lipinski definition) is 7. The second kappa shape index (κ2) is 8.88. The number of nitrogens with one attached hydrogen (secondary N) is 2. The van der Waals surface area contributed by atoms with Gasteiger partial charge in [0, 0.05) is 57.5 Å². The molecule has 5 rings (SSSR count). The van der Waals surface area contributed by atoms with Crippen LogP contribution in [-0.2, 0) is 0 Å². The van der Waals surface area contributed by atoms with Crippen molar-refractivity contribution in [2.75, 3.05) is 5.73 Å². The number of rotatable bonds is 4. The first kappa shape index (κ1) is 22.6. The summed E-state index contributed by atoms with van der Waals surface area (Å²) in [5.41, 5.74) is 14.6. The van der Waals surface area contributed by atoms with E-state index >= 15 is 0 Å². The van der Waals surface area contributed by atoms with Crippen LogP contribution in [0.2, 0.25) is 0 Å². The van der Waals surface area contributed by atoms with Crippen LogP contribution >= 0.6 is 0 Å². The predicted molar refractivity (Wildman–Crippen MR) is 131 cm³/mol. The Kier molecular flexibility index (Phi) is 5.74. The van der Waals surface area contributed by atoms with Crippen molar-refractivity contribution in [2.24, 2.45) is 5.73 Å². The molecule has 0 unspecified atom stereocenters. The smallest absolute Gasteiger partial charge is 0.251 e. The van der Waals surface area contributed by atoms with Crippen LogP contribution in [0, 0.1) is 5.41 Å². The molecule has 0 saturated heterocycles. The van der Waals surface area contributed by atoms with Gasteiger partial charge in [-0.25, -0.2) is 0 Å². The van der Waals surface area contributed by atoms with Crippen molar-refractivity contribution >= 4 is 28.5 Å². The quantitative estimate of drug-likeness (QED) is 0.266. The maximum Gasteiger partial charge on any atom is 0.251 e. The van der Waals surface area contributed by atoms with E-state index in [2.05, 4.69) is 5.32 Å². The van der Waals surface area contributed by atoms with Crippen molar-refractivity contribution in [2.45, 2.75) is 37.8 Å². The van der Waals surface area contributed by atoms with E-state index in [1.807, 2.05) is 0 Å². The van der Waals surface area contributed by atoms with Crippen LogP contribution in [0.3, 0.4) is 0 Å². The molecule has 1 heterocycles. The fourth-order valence-electron chi connectivity index (χ4n) is 4.80. The second-order valence-electron chi connectivity index (χ2n) is 9.08. The summed E-state index contributed by atoms with van der Waals surface area (Å²) in [5.74, 6) is -1.30. The summed E-state index contributed by atoms with van der Waals surface area (Å²) in [5, 5.41) is 24.1. The van der Waals surface area contributed by atoms with Gasteiger partial charge in [-0.3, -0.25) is 4.79 Å². The average Bonchev–Trinajstić information content (AvgIpc) is 2.83. The molecule has 2 aromatic rings. The molecule has 0 aromatic heterocycles. The van der Waals surface area contributed by atoms with E-state index in [4.69, 9.17) is 21.3 Å². The largest absolute Gasteiger partial charge is 0.545 e. The van der Waals surface area contributed by atoms with E-state index < -0.39 is 5.97 Å². The number of carboxylic acids is 1. The fourth-order valence-corrected chi connectivity index (χ4v) is 4.80. The zero-order valence-electron chi connectivity index (χ0n) is 19.0. The highest BCUT2D eigenvalue weighted by atomic mass is 16.4. The minimum atomic E-state index is -1.40. The van der Waals surface area contributed by atoms with Crippen LogP contribution in [0.15, 0.2) is 59.0 Å². The number of nitrogens with two attached hydrogens (primary N) is 2. The molecule has 0 spiro atoms. The Morgan fingerprint density at radius 2 is 1.71 bits per heavy atom. The lowest BCUT2D eigenvalue weighted by atomic mass is 9.89. The number of carbonyl (C=O) groups excluding carboxylic acids is 2. The zero-order valence-corrected chi connectivity index (χ0v) is 19.0. The Morgan fingerprint density at radius 3 is 2.46 bits per heavy atom. The third-order valence-corrected chi connectivity index (χ3v) is 6.62. The summed E-state index contributed by atoms with van der Waals surface area (Å²) in [4.78, 5) is 25.2. The van der Waals surface area contributed by atoms with Gasteiger partial charge in [0.15, 0.2) is 0 Å². The number of anilines is 1. The number of carboxylic acid groups (broad SMARTS) is 1. The topological polar surface area (TPSA) is 158 Å². The van der Waals surface area contributed by atoms with Crippen LogP contribution < -0.4 is 27.2 Å². The Hall–Kier alpha value is -4.17. The molecule has 1 saturated carbocycles. The molecule has 0 atom stereocenters. The Bertz CT molecular complexity index is 1480. The number of nitrogen functional groups attached to an aromatic ring is 1. The summed E-state index contributed by atoms with van der Waals surface area (Å²) in [7, 11) is 0. The Labute approximate surface area is 201 Å². The summed E-state index contributed by atoms with van der Waals surface area (Å²) >= 11 is 0. The minimum absolute atomic E-state index is 0.0153. The van der Waals surface area contributed by atoms with Gasteiger partial charge in [0.2, 0.25) is 0 Å². The summed E-state index contributed by atoms with van der Waals surface area (Å²) in [6.07, 6.45) is 3.28. The van der Waals surface area contributed by atoms with Crippen molar-refractivity contribution in [1.29, 1.82) is 5.41 Å². The third-order valence-electron chi connectivity index (χ3n) is 6.62. The van der Waals surface area contributed by atoms with Crippen molar-refractivity contribution in [3.63, 3.8) is 0 Å². The van der Waals surface area contributed by atoms with E-state index in [0.717, 1.165) is 25.7 Å². The van der Waals surface area contributed by atoms with Gasteiger partial charge in [0.25, 0.3) is 5.91 Å². The molecular formula is C27H25N4O4-. The second-order valence-corrected chi connectivity index (χ2v) is 9.08. The molecule has 6 N–H and O–H groups in total. The van der Waals surface area contributed by atoms with E-state index in [1.165, 1.54) is 6.07 Å². The number of aromatic carboxylic acids is 1. The number of carbonyl (C=O) groups is 2. The van der Waals surface area contributed by atoms with Gasteiger partial charge in [-0.1, -0.05) is 6.07 Å². The van der Waals surface area contributed by atoms with E-state index in [-0.39, 0.29) is 34.5 Å². The van der Waals surface area contributed by atoms with Crippen molar-refractivity contribution in [1.82, 2.24) is 5.32 Å². The Balaban J connectivity index is 1.63. The van der Waals surface area contributed by atoms with E-state index in [9.17, 15) is 14.7 Å². The lowest BCUT2D eigenvalue weighted by Gasteiger charge is -2.27. The fraction of sp³-hybridized carbons (Fsp3) is 0.222. The molecule has 1 amide bonds. The normalized spacial score (nSPS) is 18.0. The average molecular weight is 470 g/mol. The van der Waals surface area contributed by atoms with Crippen molar-refractivity contribution in [3.8, 4) is 22.5 Å². The molecule has 2 aromatic carbocycles. The number of amides is 1. The summed E-state index contributed by atoms with van der Waals surface area (Å²) < 4.78 is 5.99. The van der Waals surface area contributed by atoms with E-state index in [1.54, 1.807) is 48.5 Å². The van der Waals surface area contributed by atoms with E-state index in [0.29, 0.717) is 39.1 Å². The van der Waals surface area contributed by atoms with Crippen LogP contribution in [0.4, 0.5) is 5.69 Å². The van der Waals surface area contributed by atoms with Gasteiger partial charge in [-0.05, 0) is 67.6 Å². The molecule has 0 bridgehead atoms. The molecule has 178 valence electrons. The predicted octanol–water partition coefficient (Wildman–Crippen LogP) is 2.63. The van der Waals surface area contributed by atoms with Gasteiger partial charge in [0.05, 0.1) is 11.3 Å². The lowest BCUT2D eigenvalue weighted by molar-refractivity contribution is -0.254. The molecule has 8 nitrogen and oxygen atoms in total. The molecule has 8 heteroatoms. The lowest BCUT2D eigenvalue weighted by Crippen LogP contribution is -2.40. The maximum absolute atomic E-state index is 12.9. The molecule has 1 fully saturated rings.